The smallest absolute Gasteiger partial charge is 0.490 e. The highest BCUT2D eigenvalue weighted by atomic mass is 16.7. The first kappa shape index (κ1) is 32.5. The number of aromatic nitrogens is 2. The van der Waals surface area contributed by atoms with Crippen molar-refractivity contribution in [3.05, 3.63) is 102 Å². The number of nitrogens with zero attached hydrogens (tertiary/aromatic N) is 3. The Labute approximate surface area is 278 Å². The molecule has 0 saturated carbocycles. The molecule has 0 radical (unpaired) electrons. The van der Waals surface area contributed by atoms with Crippen LogP contribution in [0.4, 0.5) is 4.79 Å². The van der Waals surface area contributed by atoms with Crippen LogP contribution in [0.25, 0.3) is 22.2 Å². The zero-order valence-electron chi connectivity index (χ0n) is 28.2. The Hall–Kier alpha value is -4.40. The number of carbonyl (C=O) groups is 1. The van der Waals surface area contributed by atoms with E-state index in [0.717, 1.165) is 77.3 Å². The minimum Gasteiger partial charge on any atom is -0.490 e. The predicted octanol–water partition coefficient (Wildman–Crippen LogP) is 7.82. The van der Waals surface area contributed by atoms with Crippen molar-refractivity contribution in [1.29, 1.82) is 0 Å². The largest absolute Gasteiger partial charge is 0.514 e. The molecule has 2 unspecified atom stereocenters. The quantitative estimate of drug-likeness (QED) is 0.133. The molecule has 1 N–H and O–H groups in total. The normalized spacial score (nSPS) is 17.6. The van der Waals surface area contributed by atoms with Crippen molar-refractivity contribution in [2.75, 3.05) is 19.8 Å². The molecule has 8 heteroatoms. The molecule has 1 aliphatic heterocycles. The Balaban J connectivity index is 1.24. The van der Waals surface area contributed by atoms with Crippen molar-refractivity contribution in [3.63, 3.8) is 0 Å². The molecule has 1 aromatic heterocycles. The fraction of sp³-hybridized carbons (Fsp3) is 0.385. The summed E-state index contributed by atoms with van der Waals surface area (Å²) in [6, 6.07) is 20.9. The van der Waals surface area contributed by atoms with Crippen molar-refractivity contribution >= 4 is 17.2 Å². The molecular formula is C39H46N4O4. The first-order chi connectivity index (χ1) is 22.7. The van der Waals surface area contributed by atoms with Crippen LogP contribution in [0.15, 0.2) is 85.0 Å². The van der Waals surface area contributed by atoms with Crippen LogP contribution in [-0.4, -0.2) is 58.1 Å². The molecule has 0 bridgehead atoms. The second-order valence-electron chi connectivity index (χ2n) is 13.4. The maximum absolute atomic E-state index is 12.4. The number of allylic oxidation sites excluding steroid dienone is 2. The van der Waals surface area contributed by atoms with Gasteiger partial charge in [0.2, 0.25) is 0 Å². The minimum absolute atomic E-state index is 0.367. The average Bonchev–Trinajstić information content (AvgIpc) is 3.63. The molecule has 4 aromatic rings. The number of rotatable bonds is 11. The number of benzene rings is 3. The number of nitrogens with one attached hydrogen (secondary N) is 1. The molecule has 246 valence electrons. The summed E-state index contributed by atoms with van der Waals surface area (Å²) in [6.07, 6.45) is 11.1. The van der Waals surface area contributed by atoms with E-state index in [1.54, 1.807) is 6.07 Å². The average molecular weight is 635 g/mol. The van der Waals surface area contributed by atoms with Crippen LogP contribution in [0.3, 0.4) is 0 Å². The van der Waals surface area contributed by atoms with Crippen molar-refractivity contribution in [1.82, 2.24) is 19.8 Å². The number of ether oxygens (including phenoxy) is 3. The number of unbranched alkanes of at least 4 members (excludes halogenated alkanes) is 1. The molecule has 0 spiro atoms. The van der Waals surface area contributed by atoms with Gasteiger partial charge in [0.25, 0.3) is 0 Å². The summed E-state index contributed by atoms with van der Waals surface area (Å²) in [6.45, 7) is 12.7. The Morgan fingerprint density at radius 1 is 1.00 bits per heavy atom. The number of hydrogen-bond donors (Lipinski definition) is 1. The van der Waals surface area contributed by atoms with Gasteiger partial charge in [-0.05, 0) is 62.9 Å². The standard InChI is InChI=1S/C39H46N4O4/c1-6-7-16-35-41-36-27(2)17-22-34(45-24-23-42-26-40-31-13-9-10-14-32(31)42)37(36)43(35)25-28-18-20-29(21-19-28)30-12-8-11-15-33(30)46-38(44)47-39(3,4)5/h8-15,17-22,31-32,40H,6-7,16,23-26H2,1-5H3. The van der Waals surface area contributed by atoms with Gasteiger partial charge in [-0.3, -0.25) is 10.2 Å². The summed E-state index contributed by atoms with van der Waals surface area (Å²) in [5.41, 5.74) is 5.49. The molecule has 2 heterocycles. The van der Waals surface area contributed by atoms with Crippen molar-refractivity contribution in [2.45, 2.75) is 78.1 Å². The number of imidazole rings is 1. The van der Waals surface area contributed by atoms with Gasteiger partial charge in [0, 0.05) is 43.8 Å². The van der Waals surface area contributed by atoms with Crippen LogP contribution in [0.2, 0.25) is 0 Å². The van der Waals surface area contributed by atoms with Gasteiger partial charge in [0.1, 0.15) is 35.0 Å². The van der Waals surface area contributed by atoms with Gasteiger partial charge in [-0.1, -0.05) is 86.2 Å². The Morgan fingerprint density at radius 2 is 1.79 bits per heavy atom. The van der Waals surface area contributed by atoms with Gasteiger partial charge in [-0.25, -0.2) is 9.78 Å². The lowest BCUT2D eigenvalue weighted by molar-refractivity contribution is 0.0207. The molecule has 8 nitrogen and oxygen atoms in total. The molecule has 1 aliphatic carbocycles. The number of para-hydroxylation sites is 1. The van der Waals surface area contributed by atoms with Crippen LogP contribution in [-0.2, 0) is 17.7 Å². The van der Waals surface area contributed by atoms with E-state index >= 15 is 0 Å². The summed E-state index contributed by atoms with van der Waals surface area (Å²) < 4.78 is 19.9. The van der Waals surface area contributed by atoms with E-state index in [1.165, 1.54) is 0 Å². The van der Waals surface area contributed by atoms with Gasteiger partial charge in [-0.15, -0.1) is 0 Å². The highest BCUT2D eigenvalue weighted by Crippen LogP contribution is 2.33. The molecule has 0 amide bonds. The summed E-state index contributed by atoms with van der Waals surface area (Å²) in [5, 5.41) is 3.58. The highest BCUT2D eigenvalue weighted by Gasteiger charge is 2.31. The Kier molecular flexibility index (Phi) is 9.80. The molecule has 2 aliphatic rings. The summed E-state index contributed by atoms with van der Waals surface area (Å²) in [7, 11) is 0. The molecule has 3 aromatic carbocycles. The van der Waals surface area contributed by atoms with E-state index in [9.17, 15) is 4.79 Å². The third-order valence-corrected chi connectivity index (χ3v) is 8.66. The summed E-state index contributed by atoms with van der Waals surface area (Å²) in [5.74, 6) is 2.41. The lowest BCUT2D eigenvalue weighted by Gasteiger charge is -2.24. The fourth-order valence-corrected chi connectivity index (χ4v) is 6.28. The van der Waals surface area contributed by atoms with Gasteiger partial charge in [0.05, 0.1) is 5.52 Å². The van der Waals surface area contributed by atoms with E-state index in [2.05, 4.69) is 89.3 Å². The van der Waals surface area contributed by atoms with Gasteiger partial charge in [0.15, 0.2) is 0 Å². The number of fused-ring (bicyclic) bond motifs is 2. The Bertz CT molecular complexity index is 1770. The topological polar surface area (TPSA) is 77.9 Å². The molecular weight excluding hydrogens is 588 g/mol. The van der Waals surface area contributed by atoms with Crippen molar-refractivity contribution in [3.8, 4) is 22.6 Å². The number of aryl methyl sites for hydroxylation is 2. The predicted molar refractivity (Wildman–Crippen MR) is 187 cm³/mol. The van der Waals surface area contributed by atoms with Crippen LogP contribution in [0, 0.1) is 6.92 Å². The minimum atomic E-state index is -0.717. The SMILES string of the molecule is CCCCc1nc2c(C)ccc(OCCN3CNC4C=CC=CC43)c2n1Cc1ccc(-c2ccccc2OC(=O)OC(C)(C)C)cc1. The number of carbonyl (C=O) groups excluding carboxylic acids is 1. The van der Waals surface area contributed by atoms with E-state index in [1.807, 2.05) is 39.0 Å². The fourth-order valence-electron chi connectivity index (χ4n) is 6.28. The molecule has 2 atom stereocenters. The monoisotopic (exact) mass is 634 g/mol. The summed E-state index contributed by atoms with van der Waals surface area (Å²) in [4.78, 5) is 20.0. The van der Waals surface area contributed by atoms with Crippen LogP contribution < -0.4 is 14.8 Å². The molecule has 47 heavy (non-hydrogen) atoms. The second-order valence-corrected chi connectivity index (χ2v) is 13.4. The van der Waals surface area contributed by atoms with Gasteiger partial charge < -0.3 is 18.8 Å². The van der Waals surface area contributed by atoms with Crippen LogP contribution in [0.1, 0.15) is 57.5 Å². The third kappa shape index (κ3) is 7.61. The maximum atomic E-state index is 12.4. The van der Waals surface area contributed by atoms with Crippen LogP contribution >= 0.6 is 0 Å². The highest BCUT2D eigenvalue weighted by molar-refractivity contribution is 5.86. The third-order valence-electron chi connectivity index (χ3n) is 8.66. The zero-order chi connectivity index (χ0) is 33.0. The molecule has 1 saturated heterocycles. The van der Waals surface area contributed by atoms with E-state index < -0.39 is 11.8 Å². The van der Waals surface area contributed by atoms with Crippen molar-refractivity contribution < 1.29 is 19.0 Å². The van der Waals surface area contributed by atoms with Crippen molar-refractivity contribution in [2.24, 2.45) is 0 Å². The zero-order valence-corrected chi connectivity index (χ0v) is 28.2. The number of hydrogen-bond acceptors (Lipinski definition) is 7. The Morgan fingerprint density at radius 3 is 2.57 bits per heavy atom. The lowest BCUT2D eigenvalue weighted by atomic mass is 10.0. The maximum Gasteiger partial charge on any atom is 0.514 e. The first-order valence-corrected chi connectivity index (χ1v) is 16.7. The molecule has 6 rings (SSSR count). The van der Waals surface area contributed by atoms with Gasteiger partial charge in [-0.2, -0.15) is 0 Å². The lowest BCUT2D eigenvalue weighted by Crippen LogP contribution is -2.36. The van der Waals surface area contributed by atoms with E-state index in [4.69, 9.17) is 19.2 Å². The van der Waals surface area contributed by atoms with E-state index in [0.29, 0.717) is 31.0 Å². The second kappa shape index (κ2) is 14.2. The van der Waals surface area contributed by atoms with Gasteiger partial charge >= 0.3 is 6.16 Å². The summed E-state index contributed by atoms with van der Waals surface area (Å²) >= 11 is 0. The van der Waals surface area contributed by atoms with E-state index in [-0.39, 0.29) is 0 Å². The molecule has 1 fully saturated rings. The van der Waals surface area contributed by atoms with Crippen LogP contribution in [0.5, 0.6) is 11.5 Å². The first-order valence-electron chi connectivity index (χ1n) is 16.7.